The first kappa shape index (κ1) is 19.9. The Bertz CT molecular complexity index is 1160. The van der Waals surface area contributed by atoms with Crippen molar-refractivity contribution in [1.29, 1.82) is 0 Å². The van der Waals surface area contributed by atoms with Crippen LogP contribution in [0.25, 0.3) is 10.9 Å². The van der Waals surface area contributed by atoms with Gasteiger partial charge in [-0.25, -0.2) is 9.59 Å². The Morgan fingerprint density at radius 3 is 2.45 bits per heavy atom. The smallest absolute Gasteiger partial charge is 0.330 e. The van der Waals surface area contributed by atoms with Gasteiger partial charge in [-0.15, -0.1) is 0 Å². The number of nitrogens with zero attached hydrogens (tertiary/aromatic N) is 1. The van der Waals surface area contributed by atoms with Crippen molar-refractivity contribution in [2.24, 2.45) is 0 Å². The van der Waals surface area contributed by atoms with Gasteiger partial charge in [-0.05, 0) is 36.2 Å². The number of aliphatic carboxylic acids is 1. The highest BCUT2D eigenvalue weighted by molar-refractivity contribution is 5.84. The SMILES string of the molecule is O=C(CCCn1c(=O)[nH]c2ccccc2c1=O)NC(C(=O)O)c1ccc(O)cc1. The number of phenolic OH excluding ortho intramolecular Hbond substituents is 1. The summed E-state index contributed by atoms with van der Waals surface area (Å²) in [6.07, 6.45) is 0.107. The molecule has 0 radical (unpaired) electrons. The molecule has 0 aliphatic carbocycles. The van der Waals surface area contributed by atoms with E-state index in [4.69, 9.17) is 0 Å². The molecule has 0 aliphatic rings. The van der Waals surface area contributed by atoms with Crippen LogP contribution >= 0.6 is 0 Å². The molecular formula is C20H19N3O6. The summed E-state index contributed by atoms with van der Waals surface area (Å²) in [4.78, 5) is 50.8. The second kappa shape index (κ2) is 8.42. The number of carboxylic acids is 1. The Labute approximate surface area is 164 Å². The largest absolute Gasteiger partial charge is 0.508 e. The van der Waals surface area contributed by atoms with Gasteiger partial charge in [0.15, 0.2) is 6.04 Å². The lowest BCUT2D eigenvalue weighted by Gasteiger charge is -2.15. The first-order chi connectivity index (χ1) is 13.9. The maximum absolute atomic E-state index is 12.4. The number of aromatic amines is 1. The molecule has 0 saturated heterocycles. The molecule has 1 heterocycles. The molecule has 3 rings (SSSR count). The zero-order valence-electron chi connectivity index (χ0n) is 15.3. The van der Waals surface area contributed by atoms with Gasteiger partial charge >= 0.3 is 11.7 Å². The van der Waals surface area contributed by atoms with Gasteiger partial charge in [-0.3, -0.25) is 14.2 Å². The number of hydrogen-bond acceptors (Lipinski definition) is 5. The van der Waals surface area contributed by atoms with Crippen molar-refractivity contribution in [3.8, 4) is 5.75 Å². The predicted molar refractivity (Wildman–Crippen MR) is 105 cm³/mol. The van der Waals surface area contributed by atoms with Crippen LogP contribution in [-0.4, -0.2) is 31.6 Å². The monoisotopic (exact) mass is 397 g/mol. The van der Waals surface area contributed by atoms with E-state index in [1.54, 1.807) is 24.3 Å². The fourth-order valence-electron chi connectivity index (χ4n) is 2.99. The number of fused-ring (bicyclic) bond motifs is 1. The number of amides is 1. The Balaban J connectivity index is 1.66. The predicted octanol–water partition coefficient (Wildman–Crippen LogP) is 1.12. The molecule has 3 aromatic rings. The number of H-pyrrole nitrogens is 1. The zero-order chi connectivity index (χ0) is 21.0. The second-order valence-corrected chi connectivity index (χ2v) is 6.47. The number of hydrogen-bond donors (Lipinski definition) is 4. The van der Waals surface area contributed by atoms with Gasteiger partial charge in [-0.1, -0.05) is 24.3 Å². The molecule has 0 bridgehead atoms. The number of rotatable bonds is 7. The Hall–Kier alpha value is -3.88. The standard InChI is InChI=1S/C20H19N3O6/c24-13-9-7-12(8-10-13)17(19(27)28)22-16(25)6-3-11-23-18(26)14-4-1-2-5-15(14)21-20(23)29/h1-2,4-5,7-10,17,24H,3,6,11H2,(H,21,29)(H,22,25)(H,27,28). The van der Waals surface area contributed by atoms with Crippen molar-refractivity contribution in [2.75, 3.05) is 0 Å². The minimum absolute atomic E-state index is 0.0172. The molecule has 0 aliphatic heterocycles. The van der Waals surface area contributed by atoms with Gasteiger partial charge in [0.05, 0.1) is 10.9 Å². The molecule has 29 heavy (non-hydrogen) atoms. The Morgan fingerprint density at radius 2 is 1.76 bits per heavy atom. The van der Waals surface area contributed by atoms with Crippen LogP contribution in [0.2, 0.25) is 0 Å². The number of aromatic nitrogens is 2. The minimum atomic E-state index is -1.27. The molecule has 0 fully saturated rings. The number of aromatic hydroxyl groups is 1. The van der Waals surface area contributed by atoms with Crippen LogP contribution in [0.4, 0.5) is 0 Å². The van der Waals surface area contributed by atoms with Crippen molar-refractivity contribution in [3.05, 3.63) is 74.9 Å². The number of carboxylic acid groups (broad SMARTS) is 1. The molecule has 1 unspecified atom stereocenters. The lowest BCUT2D eigenvalue weighted by Crippen LogP contribution is -2.36. The van der Waals surface area contributed by atoms with E-state index >= 15 is 0 Å². The summed E-state index contributed by atoms with van der Waals surface area (Å²) in [6, 6.07) is 10.8. The van der Waals surface area contributed by atoms with Gasteiger partial charge in [0.1, 0.15) is 5.75 Å². The quantitative estimate of drug-likeness (QED) is 0.471. The molecule has 4 N–H and O–H groups in total. The van der Waals surface area contributed by atoms with Crippen LogP contribution in [0.5, 0.6) is 5.75 Å². The van der Waals surface area contributed by atoms with E-state index in [2.05, 4.69) is 10.3 Å². The van der Waals surface area contributed by atoms with Crippen LogP contribution in [-0.2, 0) is 16.1 Å². The average molecular weight is 397 g/mol. The molecule has 9 nitrogen and oxygen atoms in total. The highest BCUT2D eigenvalue weighted by atomic mass is 16.4. The molecule has 150 valence electrons. The summed E-state index contributed by atoms with van der Waals surface area (Å²) in [5.74, 6) is -1.79. The highest BCUT2D eigenvalue weighted by Crippen LogP contribution is 2.17. The summed E-state index contributed by atoms with van der Waals surface area (Å²) in [5, 5.41) is 21.4. The first-order valence-electron chi connectivity index (χ1n) is 8.90. The molecule has 0 saturated carbocycles. The number of nitrogens with one attached hydrogen (secondary N) is 2. The molecule has 1 atom stereocenters. The van der Waals surface area contributed by atoms with E-state index in [-0.39, 0.29) is 25.1 Å². The summed E-state index contributed by atoms with van der Waals surface area (Å²) in [7, 11) is 0. The van der Waals surface area contributed by atoms with Crippen LogP contribution in [0.15, 0.2) is 58.1 Å². The summed E-state index contributed by atoms with van der Waals surface area (Å²) < 4.78 is 1.02. The van der Waals surface area contributed by atoms with Crippen molar-refractivity contribution in [3.63, 3.8) is 0 Å². The van der Waals surface area contributed by atoms with Gasteiger partial charge in [0.2, 0.25) is 5.91 Å². The molecular weight excluding hydrogens is 378 g/mol. The topological polar surface area (TPSA) is 141 Å². The van der Waals surface area contributed by atoms with Gasteiger partial charge in [0.25, 0.3) is 5.56 Å². The van der Waals surface area contributed by atoms with E-state index in [1.165, 1.54) is 24.3 Å². The number of carbonyl (C=O) groups excluding carboxylic acids is 1. The maximum atomic E-state index is 12.4. The van der Waals surface area contributed by atoms with Gasteiger partial charge in [-0.2, -0.15) is 0 Å². The number of para-hydroxylation sites is 1. The third-order valence-corrected chi connectivity index (χ3v) is 4.45. The Kier molecular flexibility index (Phi) is 5.77. The van der Waals surface area contributed by atoms with E-state index in [9.17, 15) is 29.4 Å². The van der Waals surface area contributed by atoms with Crippen molar-refractivity contribution < 1.29 is 19.8 Å². The lowest BCUT2D eigenvalue weighted by atomic mass is 10.1. The van der Waals surface area contributed by atoms with Crippen molar-refractivity contribution in [1.82, 2.24) is 14.9 Å². The van der Waals surface area contributed by atoms with E-state index in [1.807, 2.05) is 0 Å². The maximum Gasteiger partial charge on any atom is 0.330 e. The van der Waals surface area contributed by atoms with Crippen LogP contribution in [0.3, 0.4) is 0 Å². The number of carbonyl (C=O) groups is 2. The van der Waals surface area contributed by atoms with Crippen molar-refractivity contribution in [2.45, 2.75) is 25.4 Å². The molecule has 0 spiro atoms. The third-order valence-electron chi connectivity index (χ3n) is 4.45. The van der Waals surface area contributed by atoms with Gasteiger partial charge in [0, 0.05) is 13.0 Å². The molecule has 1 amide bonds. The molecule has 9 heteroatoms. The molecule has 2 aromatic carbocycles. The fraction of sp³-hybridized carbons (Fsp3) is 0.200. The van der Waals surface area contributed by atoms with E-state index < -0.39 is 29.2 Å². The molecule has 1 aromatic heterocycles. The number of phenols is 1. The zero-order valence-corrected chi connectivity index (χ0v) is 15.3. The van der Waals surface area contributed by atoms with Crippen LogP contribution in [0.1, 0.15) is 24.4 Å². The minimum Gasteiger partial charge on any atom is -0.508 e. The van der Waals surface area contributed by atoms with E-state index in [0.29, 0.717) is 16.5 Å². The van der Waals surface area contributed by atoms with Gasteiger partial charge < -0.3 is 20.5 Å². The van der Waals surface area contributed by atoms with Crippen LogP contribution in [0, 0.1) is 0 Å². The second-order valence-electron chi connectivity index (χ2n) is 6.47. The third kappa shape index (κ3) is 4.52. The average Bonchev–Trinajstić information content (AvgIpc) is 2.69. The Morgan fingerprint density at radius 1 is 1.07 bits per heavy atom. The summed E-state index contributed by atoms with van der Waals surface area (Å²) >= 11 is 0. The summed E-state index contributed by atoms with van der Waals surface area (Å²) in [6.45, 7) is 0.0172. The fourth-order valence-corrected chi connectivity index (χ4v) is 2.99. The van der Waals surface area contributed by atoms with Crippen LogP contribution < -0.4 is 16.6 Å². The lowest BCUT2D eigenvalue weighted by molar-refractivity contribution is -0.142. The highest BCUT2D eigenvalue weighted by Gasteiger charge is 2.22. The first-order valence-corrected chi connectivity index (χ1v) is 8.90. The van der Waals surface area contributed by atoms with Crippen molar-refractivity contribution >= 4 is 22.8 Å². The summed E-state index contributed by atoms with van der Waals surface area (Å²) in [5.41, 5.74) is -0.264. The normalized spacial score (nSPS) is 11.9. The number of benzene rings is 2. The van der Waals surface area contributed by atoms with E-state index in [0.717, 1.165) is 4.57 Å².